The quantitative estimate of drug-likeness (QED) is 0.832. The van der Waals surface area contributed by atoms with Gasteiger partial charge in [0.15, 0.2) is 0 Å². The number of piperidine rings is 1. The van der Waals surface area contributed by atoms with Gasteiger partial charge in [0.05, 0.1) is 0 Å². The Morgan fingerprint density at radius 1 is 1.47 bits per heavy atom. The first-order valence-electron chi connectivity index (χ1n) is 6.19. The molecule has 5 heteroatoms. The van der Waals surface area contributed by atoms with Gasteiger partial charge in [-0.15, -0.1) is 0 Å². The summed E-state index contributed by atoms with van der Waals surface area (Å²) in [6.45, 7) is 3.04. The van der Waals surface area contributed by atoms with E-state index in [4.69, 9.17) is 16.7 Å². The first kappa shape index (κ1) is 12.7. The molecule has 0 aromatic carbocycles. The molecule has 0 unspecified atom stereocenters. The Hall–Kier alpha value is -0.740. The highest BCUT2D eigenvalue weighted by Gasteiger charge is 2.23. The topological polar surface area (TPSA) is 39.1 Å². The summed E-state index contributed by atoms with van der Waals surface area (Å²) in [6, 6.07) is 0. The summed E-state index contributed by atoms with van der Waals surface area (Å²) >= 11 is 5.96. The SMILES string of the molecule is CN1CN=C(Cl)C=C1N1CCC(CCO)CC1. The second-order valence-electron chi connectivity index (χ2n) is 4.77. The standard InChI is InChI=1S/C12H20ClN3O/c1-15-9-14-11(13)8-12(15)16-5-2-10(3-6-16)4-7-17/h8,10,17H,2-7,9H2,1H3. The fourth-order valence-electron chi connectivity index (χ4n) is 2.47. The van der Waals surface area contributed by atoms with Crippen LogP contribution in [0.5, 0.6) is 0 Å². The molecule has 1 N–H and O–H groups in total. The van der Waals surface area contributed by atoms with Gasteiger partial charge in [-0.2, -0.15) is 0 Å². The number of hydrogen-bond donors (Lipinski definition) is 1. The van der Waals surface area contributed by atoms with Crippen LogP contribution in [0.3, 0.4) is 0 Å². The molecule has 0 radical (unpaired) electrons. The van der Waals surface area contributed by atoms with Crippen molar-refractivity contribution in [3.8, 4) is 0 Å². The molecule has 0 spiro atoms. The molecule has 1 saturated heterocycles. The van der Waals surface area contributed by atoms with E-state index in [2.05, 4.69) is 14.8 Å². The van der Waals surface area contributed by atoms with Gasteiger partial charge in [-0.1, -0.05) is 11.6 Å². The zero-order chi connectivity index (χ0) is 12.3. The number of aliphatic hydroxyl groups excluding tert-OH is 1. The number of hydrogen-bond acceptors (Lipinski definition) is 4. The zero-order valence-corrected chi connectivity index (χ0v) is 11.0. The monoisotopic (exact) mass is 257 g/mol. The van der Waals surface area contributed by atoms with Gasteiger partial charge in [-0.3, -0.25) is 4.99 Å². The molecule has 96 valence electrons. The lowest BCUT2D eigenvalue weighted by molar-refractivity contribution is 0.153. The third-order valence-electron chi connectivity index (χ3n) is 3.55. The van der Waals surface area contributed by atoms with Crippen molar-refractivity contribution in [2.24, 2.45) is 10.9 Å². The van der Waals surface area contributed by atoms with Gasteiger partial charge in [0.2, 0.25) is 0 Å². The Kier molecular flexibility index (Phi) is 4.29. The Balaban J connectivity index is 1.94. The van der Waals surface area contributed by atoms with Gasteiger partial charge in [0, 0.05) is 32.8 Å². The van der Waals surface area contributed by atoms with E-state index < -0.39 is 0 Å². The molecule has 1 fully saturated rings. The van der Waals surface area contributed by atoms with E-state index in [1.165, 1.54) is 5.82 Å². The Morgan fingerprint density at radius 3 is 2.82 bits per heavy atom. The van der Waals surface area contributed by atoms with Crippen LogP contribution in [0.15, 0.2) is 16.9 Å². The van der Waals surface area contributed by atoms with Crippen LogP contribution < -0.4 is 0 Å². The van der Waals surface area contributed by atoms with Gasteiger partial charge in [0.25, 0.3) is 0 Å². The van der Waals surface area contributed by atoms with Gasteiger partial charge >= 0.3 is 0 Å². The third-order valence-corrected chi connectivity index (χ3v) is 3.78. The van der Waals surface area contributed by atoms with Gasteiger partial charge in [0.1, 0.15) is 17.7 Å². The van der Waals surface area contributed by atoms with Crippen LogP contribution in [0.2, 0.25) is 0 Å². The highest BCUT2D eigenvalue weighted by molar-refractivity contribution is 6.68. The molecular formula is C12H20ClN3O. The van der Waals surface area contributed by atoms with Crippen molar-refractivity contribution < 1.29 is 5.11 Å². The Morgan fingerprint density at radius 2 is 2.18 bits per heavy atom. The third kappa shape index (κ3) is 3.13. The normalized spacial score (nSPS) is 22.5. The summed E-state index contributed by atoms with van der Waals surface area (Å²) in [5.74, 6) is 1.85. The number of likely N-dealkylation sites (tertiary alicyclic amines) is 1. The number of nitrogens with zero attached hydrogens (tertiary/aromatic N) is 3. The molecular weight excluding hydrogens is 238 g/mol. The van der Waals surface area contributed by atoms with Crippen LogP contribution in [0, 0.1) is 5.92 Å². The van der Waals surface area contributed by atoms with Crippen LogP contribution >= 0.6 is 11.6 Å². The molecule has 0 aliphatic carbocycles. The molecule has 0 aromatic rings. The molecule has 2 rings (SSSR count). The molecule has 2 aliphatic rings. The van der Waals surface area contributed by atoms with Crippen LogP contribution in [-0.2, 0) is 0 Å². The predicted octanol–water partition coefficient (Wildman–Crippen LogP) is 1.46. The fourth-order valence-corrected chi connectivity index (χ4v) is 2.63. The minimum atomic E-state index is 0.311. The highest BCUT2D eigenvalue weighted by Crippen LogP contribution is 2.25. The lowest BCUT2D eigenvalue weighted by atomic mass is 9.94. The van der Waals surface area contributed by atoms with Crippen molar-refractivity contribution in [1.82, 2.24) is 9.80 Å². The van der Waals surface area contributed by atoms with Crippen molar-refractivity contribution in [2.75, 3.05) is 33.4 Å². The fraction of sp³-hybridized carbons (Fsp3) is 0.750. The molecule has 0 aromatic heterocycles. The summed E-state index contributed by atoms with van der Waals surface area (Å²) in [5.41, 5.74) is 0. The summed E-state index contributed by atoms with van der Waals surface area (Å²) < 4.78 is 0. The lowest BCUT2D eigenvalue weighted by Crippen LogP contribution is -2.40. The zero-order valence-electron chi connectivity index (χ0n) is 10.3. The molecule has 2 heterocycles. The van der Waals surface area contributed by atoms with Crippen molar-refractivity contribution in [1.29, 1.82) is 0 Å². The molecule has 17 heavy (non-hydrogen) atoms. The largest absolute Gasteiger partial charge is 0.396 e. The molecule has 0 atom stereocenters. The summed E-state index contributed by atoms with van der Waals surface area (Å²) in [7, 11) is 2.04. The van der Waals surface area contributed by atoms with Crippen molar-refractivity contribution in [3.63, 3.8) is 0 Å². The van der Waals surface area contributed by atoms with Crippen molar-refractivity contribution >= 4 is 16.8 Å². The van der Waals surface area contributed by atoms with Crippen molar-refractivity contribution in [2.45, 2.75) is 19.3 Å². The number of aliphatic imine (C=N–C) groups is 1. The first-order valence-corrected chi connectivity index (χ1v) is 6.57. The second-order valence-corrected chi connectivity index (χ2v) is 5.15. The van der Waals surface area contributed by atoms with Gasteiger partial charge in [-0.25, -0.2) is 0 Å². The van der Waals surface area contributed by atoms with Crippen LogP contribution in [0.1, 0.15) is 19.3 Å². The second kappa shape index (κ2) is 5.74. The Labute approximate surface area is 108 Å². The van der Waals surface area contributed by atoms with E-state index >= 15 is 0 Å². The van der Waals surface area contributed by atoms with Gasteiger partial charge in [-0.05, 0) is 25.2 Å². The first-order chi connectivity index (χ1) is 8.20. The van der Waals surface area contributed by atoms with E-state index in [9.17, 15) is 0 Å². The highest BCUT2D eigenvalue weighted by atomic mass is 35.5. The van der Waals surface area contributed by atoms with E-state index in [-0.39, 0.29) is 0 Å². The van der Waals surface area contributed by atoms with Crippen LogP contribution in [0.4, 0.5) is 0 Å². The van der Waals surface area contributed by atoms with E-state index in [1.54, 1.807) is 0 Å². The van der Waals surface area contributed by atoms with Crippen LogP contribution in [-0.4, -0.2) is 53.5 Å². The molecule has 0 amide bonds. The summed E-state index contributed by atoms with van der Waals surface area (Å²) in [4.78, 5) is 8.66. The molecule has 0 bridgehead atoms. The maximum absolute atomic E-state index is 8.94. The van der Waals surface area contributed by atoms with E-state index in [0.717, 1.165) is 32.4 Å². The average molecular weight is 258 g/mol. The van der Waals surface area contributed by atoms with E-state index in [0.29, 0.717) is 24.4 Å². The molecule has 2 aliphatic heterocycles. The molecule has 0 saturated carbocycles. The predicted molar refractivity (Wildman–Crippen MR) is 70.0 cm³/mol. The minimum Gasteiger partial charge on any atom is -0.396 e. The summed E-state index contributed by atoms with van der Waals surface area (Å²) in [6.07, 6.45) is 5.18. The summed E-state index contributed by atoms with van der Waals surface area (Å²) in [5, 5.41) is 9.54. The van der Waals surface area contributed by atoms with E-state index in [1.807, 2.05) is 13.1 Å². The number of halogens is 1. The Bertz CT molecular complexity index is 322. The number of allylic oxidation sites excluding steroid dienone is 1. The molecule has 4 nitrogen and oxygen atoms in total. The number of rotatable bonds is 3. The van der Waals surface area contributed by atoms with Crippen LogP contribution in [0.25, 0.3) is 0 Å². The maximum Gasteiger partial charge on any atom is 0.129 e. The number of aliphatic hydroxyl groups is 1. The maximum atomic E-state index is 8.94. The lowest BCUT2D eigenvalue weighted by Gasteiger charge is -2.39. The van der Waals surface area contributed by atoms with Gasteiger partial charge < -0.3 is 14.9 Å². The smallest absolute Gasteiger partial charge is 0.129 e. The minimum absolute atomic E-state index is 0.311. The van der Waals surface area contributed by atoms with Crippen molar-refractivity contribution in [3.05, 3.63) is 11.9 Å². The average Bonchev–Trinajstić information content (AvgIpc) is 2.34.